The van der Waals surface area contributed by atoms with Gasteiger partial charge in [-0.25, -0.2) is 4.98 Å². The molecule has 0 atom stereocenters. The van der Waals surface area contributed by atoms with Crippen molar-refractivity contribution in [1.82, 2.24) is 4.98 Å². The third-order valence-corrected chi connectivity index (χ3v) is 3.83. The Morgan fingerprint density at radius 3 is 2.67 bits per heavy atom. The second kappa shape index (κ2) is 6.37. The summed E-state index contributed by atoms with van der Waals surface area (Å²) in [6, 6.07) is 17.3. The van der Waals surface area contributed by atoms with Crippen LogP contribution in [0.3, 0.4) is 0 Å². The van der Waals surface area contributed by atoms with E-state index in [-0.39, 0.29) is 5.91 Å². The number of ether oxygens (including phenoxy) is 1. The first-order valence-electron chi connectivity index (χ1n) is 6.64. The molecule has 1 aromatic heterocycles. The second-order valence-corrected chi connectivity index (χ2v) is 5.48. The van der Waals surface area contributed by atoms with Gasteiger partial charge in [0.15, 0.2) is 5.13 Å². The minimum Gasteiger partial charge on any atom is -0.493 e. The number of amides is 1. The molecule has 0 saturated heterocycles. The summed E-state index contributed by atoms with van der Waals surface area (Å²) < 4.78 is 6.56. The van der Waals surface area contributed by atoms with Gasteiger partial charge in [-0.3, -0.25) is 4.79 Å². The first-order valence-corrected chi connectivity index (χ1v) is 7.46. The predicted molar refractivity (Wildman–Crippen MR) is 84.8 cm³/mol. The maximum atomic E-state index is 11.9. The lowest BCUT2D eigenvalue weighted by molar-refractivity contribution is -0.116. The monoisotopic (exact) mass is 298 g/mol. The molecule has 0 spiro atoms. The Balaban J connectivity index is 1.52. The molecule has 3 rings (SSSR count). The van der Waals surface area contributed by atoms with Crippen LogP contribution in [-0.2, 0) is 4.79 Å². The molecule has 3 aromatic rings. The fraction of sp³-hybridized carbons (Fsp3) is 0.125. The van der Waals surface area contributed by atoms with E-state index in [1.165, 1.54) is 11.3 Å². The highest BCUT2D eigenvalue weighted by molar-refractivity contribution is 7.22. The van der Waals surface area contributed by atoms with Gasteiger partial charge in [0.25, 0.3) is 0 Å². The van der Waals surface area contributed by atoms with E-state index in [4.69, 9.17) is 4.74 Å². The number of anilines is 1. The highest BCUT2D eigenvalue weighted by Gasteiger charge is 2.07. The number of nitrogens with one attached hydrogen (secondary N) is 1. The molecule has 0 fully saturated rings. The molecule has 5 heteroatoms. The number of aromatic nitrogens is 1. The molecule has 1 amide bonds. The number of hydrogen-bond acceptors (Lipinski definition) is 4. The summed E-state index contributed by atoms with van der Waals surface area (Å²) in [6.07, 6.45) is 0.296. The third-order valence-electron chi connectivity index (χ3n) is 2.88. The quantitative estimate of drug-likeness (QED) is 0.781. The van der Waals surface area contributed by atoms with Gasteiger partial charge in [0.2, 0.25) is 5.91 Å². The van der Waals surface area contributed by atoms with E-state index in [0.717, 1.165) is 16.0 Å². The van der Waals surface area contributed by atoms with Crippen molar-refractivity contribution < 1.29 is 9.53 Å². The number of benzene rings is 2. The highest BCUT2D eigenvalue weighted by atomic mass is 32.1. The number of fused-ring (bicyclic) bond motifs is 1. The standard InChI is InChI=1S/C16H14N2O2S/c19-15(10-11-20-12-6-2-1-3-7-12)18-16-17-13-8-4-5-9-14(13)21-16/h1-9H,10-11H2,(H,17,18,19). The van der Waals surface area contributed by atoms with Crippen LogP contribution in [0.5, 0.6) is 5.75 Å². The maximum absolute atomic E-state index is 11.9. The minimum atomic E-state index is -0.0926. The van der Waals surface area contributed by atoms with Crippen molar-refractivity contribution in [2.75, 3.05) is 11.9 Å². The fourth-order valence-corrected chi connectivity index (χ4v) is 2.77. The van der Waals surface area contributed by atoms with Crippen molar-refractivity contribution in [3.63, 3.8) is 0 Å². The van der Waals surface area contributed by atoms with E-state index in [9.17, 15) is 4.79 Å². The lowest BCUT2D eigenvalue weighted by Crippen LogP contribution is -2.14. The van der Waals surface area contributed by atoms with Gasteiger partial charge in [0.05, 0.1) is 23.2 Å². The lowest BCUT2D eigenvalue weighted by atomic mass is 10.3. The molecule has 2 aromatic carbocycles. The Morgan fingerprint density at radius 1 is 1.10 bits per heavy atom. The van der Waals surface area contributed by atoms with Crippen molar-refractivity contribution in [3.8, 4) is 5.75 Å². The molecule has 0 saturated carbocycles. The summed E-state index contributed by atoms with van der Waals surface area (Å²) in [5.74, 6) is 0.676. The van der Waals surface area contributed by atoms with Crippen molar-refractivity contribution in [3.05, 3.63) is 54.6 Å². The van der Waals surface area contributed by atoms with Gasteiger partial charge in [-0.2, -0.15) is 0 Å². The molecule has 106 valence electrons. The van der Waals surface area contributed by atoms with Gasteiger partial charge in [-0.15, -0.1) is 0 Å². The summed E-state index contributed by atoms with van der Waals surface area (Å²) in [5, 5.41) is 3.43. The highest BCUT2D eigenvalue weighted by Crippen LogP contribution is 2.25. The van der Waals surface area contributed by atoms with E-state index in [0.29, 0.717) is 18.2 Å². The smallest absolute Gasteiger partial charge is 0.229 e. The zero-order valence-electron chi connectivity index (χ0n) is 11.3. The molecular formula is C16H14N2O2S. The predicted octanol–water partition coefficient (Wildman–Crippen LogP) is 3.70. The fourth-order valence-electron chi connectivity index (χ4n) is 1.89. The molecule has 0 radical (unpaired) electrons. The summed E-state index contributed by atoms with van der Waals surface area (Å²) in [6.45, 7) is 0.348. The van der Waals surface area contributed by atoms with E-state index >= 15 is 0 Å². The third kappa shape index (κ3) is 3.58. The number of rotatable bonds is 5. The zero-order chi connectivity index (χ0) is 14.5. The lowest BCUT2D eigenvalue weighted by Gasteiger charge is -2.05. The molecular weight excluding hydrogens is 284 g/mol. The van der Waals surface area contributed by atoms with Crippen molar-refractivity contribution in [1.29, 1.82) is 0 Å². The van der Waals surface area contributed by atoms with Crippen molar-refractivity contribution >= 4 is 32.6 Å². The van der Waals surface area contributed by atoms with E-state index in [1.54, 1.807) is 0 Å². The number of nitrogens with zero attached hydrogens (tertiary/aromatic N) is 1. The number of carbonyl (C=O) groups is 1. The molecule has 0 unspecified atom stereocenters. The largest absolute Gasteiger partial charge is 0.493 e. The van der Waals surface area contributed by atoms with E-state index in [2.05, 4.69) is 10.3 Å². The average Bonchev–Trinajstić information content (AvgIpc) is 2.90. The van der Waals surface area contributed by atoms with Crippen molar-refractivity contribution in [2.45, 2.75) is 6.42 Å². The van der Waals surface area contributed by atoms with Crippen LogP contribution in [0.4, 0.5) is 5.13 Å². The first-order chi connectivity index (χ1) is 10.3. The summed E-state index contributed by atoms with van der Waals surface area (Å²) in [5.41, 5.74) is 0.901. The van der Waals surface area contributed by atoms with Crippen LogP contribution in [0.15, 0.2) is 54.6 Å². The second-order valence-electron chi connectivity index (χ2n) is 4.45. The summed E-state index contributed by atoms with van der Waals surface area (Å²) in [7, 11) is 0. The first kappa shape index (κ1) is 13.6. The number of para-hydroxylation sites is 2. The van der Waals surface area contributed by atoms with Gasteiger partial charge in [0, 0.05) is 0 Å². The van der Waals surface area contributed by atoms with Crippen LogP contribution >= 0.6 is 11.3 Å². The van der Waals surface area contributed by atoms with Gasteiger partial charge >= 0.3 is 0 Å². The Labute approximate surface area is 126 Å². The zero-order valence-corrected chi connectivity index (χ0v) is 12.1. The maximum Gasteiger partial charge on any atom is 0.229 e. The normalized spacial score (nSPS) is 10.5. The van der Waals surface area contributed by atoms with Crippen LogP contribution in [0.2, 0.25) is 0 Å². The van der Waals surface area contributed by atoms with Crippen LogP contribution < -0.4 is 10.1 Å². The van der Waals surface area contributed by atoms with E-state index < -0.39 is 0 Å². The molecule has 1 heterocycles. The Morgan fingerprint density at radius 2 is 1.86 bits per heavy atom. The van der Waals surface area contributed by atoms with Crippen LogP contribution in [0.1, 0.15) is 6.42 Å². The summed E-state index contributed by atoms with van der Waals surface area (Å²) >= 11 is 1.47. The Kier molecular flexibility index (Phi) is 4.12. The average molecular weight is 298 g/mol. The molecule has 1 N–H and O–H groups in total. The van der Waals surface area contributed by atoms with Gasteiger partial charge < -0.3 is 10.1 Å². The minimum absolute atomic E-state index is 0.0926. The Bertz CT molecular complexity index is 707. The molecule has 0 aliphatic carbocycles. The van der Waals surface area contributed by atoms with Gasteiger partial charge in [-0.1, -0.05) is 41.7 Å². The van der Waals surface area contributed by atoms with Crippen LogP contribution in [-0.4, -0.2) is 17.5 Å². The number of hydrogen-bond donors (Lipinski definition) is 1. The van der Waals surface area contributed by atoms with Crippen LogP contribution in [0.25, 0.3) is 10.2 Å². The number of thiazole rings is 1. The van der Waals surface area contributed by atoms with Crippen LogP contribution in [0, 0.1) is 0 Å². The van der Waals surface area contributed by atoms with Gasteiger partial charge in [-0.05, 0) is 24.3 Å². The Hall–Kier alpha value is -2.40. The van der Waals surface area contributed by atoms with E-state index in [1.807, 2.05) is 54.6 Å². The van der Waals surface area contributed by atoms with Crippen molar-refractivity contribution in [2.24, 2.45) is 0 Å². The summed E-state index contributed by atoms with van der Waals surface area (Å²) in [4.78, 5) is 16.2. The number of carbonyl (C=O) groups excluding carboxylic acids is 1. The molecule has 0 bridgehead atoms. The topological polar surface area (TPSA) is 51.2 Å². The SMILES string of the molecule is O=C(CCOc1ccccc1)Nc1nc2ccccc2s1. The molecule has 0 aliphatic rings. The molecule has 4 nitrogen and oxygen atoms in total. The van der Waals surface area contributed by atoms with Gasteiger partial charge in [0.1, 0.15) is 5.75 Å². The molecule has 0 aliphatic heterocycles. The molecule has 21 heavy (non-hydrogen) atoms.